The Morgan fingerprint density at radius 2 is 1.76 bits per heavy atom. The van der Waals surface area contributed by atoms with Crippen molar-refractivity contribution in [3.8, 4) is 0 Å². The highest BCUT2D eigenvalue weighted by atomic mass is 32.2. The number of methoxy groups -OCH3 is 1. The minimum absolute atomic E-state index is 0.0465. The molecule has 0 spiro atoms. The standard InChI is InChI=1S/C25H30F3N3O5S/c1-16(31-23(33)15-20(32)13-17-5-7-18(8-6-17)24(29)30)19-9-10-22(21(14-19)25(26,27)28)37(34,35)12-4-3-11-36-2/h5-10,14,16H,3-4,11-13,15H2,1-2H3,(H3,29,30)(H,31,33). The lowest BCUT2D eigenvalue weighted by molar-refractivity contribution is -0.140. The molecule has 2 rings (SSSR count). The maximum atomic E-state index is 13.7. The van der Waals surface area contributed by atoms with Crippen LogP contribution < -0.4 is 11.1 Å². The van der Waals surface area contributed by atoms with Crippen molar-refractivity contribution < 1.29 is 35.9 Å². The van der Waals surface area contributed by atoms with Crippen molar-refractivity contribution in [1.29, 1.82) is 5.41 Å². The molecular weight excluding hydrogens is 511 g/mol. The number of nitrogens with one attached hydrogen (secondary N) is 2. The number of benzene rings is 2. The second-order valence-electron chi connectivity index (χ2n) is 8.56. The van der Waals surface area contributed by atoms with E-state index in [1.807, 2.05) is 0 Å². The van der Waals surface area contributed by atoms with E-state index in [9.17, 15) is 31.2 Å². The number of amidine groups is 1. The number of hydrogen-bond donors (Lipinski definition) is 3. The molecule has 8 nitrogen and oxygen atoms in total. The molecule has 2 aromatic carbocycles. The van der Waals surface area contributed by atoms with Gasteiger partial charge in [0.1, 0.15) is 11.6 Å². The maximum absolute atomic E-state index is 13.7. The van der Waals surface area contributed by atoms with Gasteiger partial charge in [0.05, 0.1) is 28.7 Å². The lowest BCUT2D eigenvalue weighted by Crippen LogP contribution is -2.29. The van der Waals surface area contributed by atoms with E-state index in [4.69, 9.17) is 15.9 Å². The molecule has 1 amide bonds. The molecular formula is C25H30F3N3O5S. The van der Waals surface area contributed by atoms with Crippen LogP contribution in [-0.2, 0) is 36.8 Å². The Labute approximate surface area is 213 Å². The van der Waals surface area contributed by atoms with E-state index in [1.165, 1.54) is 20.1 Å². The highest BCUT2D eigenvalue weighted by Crippen LogP contribution is 2.36. The molecule has 0 aliphatic heterocycles. The molecule has 0 heterocycles. The van der Waals surface area contributed by atoms with E-state index < -0.39 is 56.4 Å². The molecule has 2 aromatic rings. The van der Waals surface area contributed by atoms with E-state index in [1.54, 1.807) is 24.3 Å². The summed E-state index contributed by atoms with van der Waals surface area (Å²) >= 11 is 0. The average molecular weight is 542 g/mol. The number of hydrogen-bond acceptors (Lipinski definition) is 6. The zero-order chi connectivity index (χ0) is 27.8. The van der Waals surface area contributed by atoms with Gasteiger partial charge in [0.2, 0.25) is 5.91 Å². The first kappa shape index (κ1) is 30.0. The fraction of sp³-hybridized carbons (Fsp3) is 0.400. The van der Waals surface area contributed by atoms with Crippen LogP contribution in [0.2, 0.25) is 0 Å². The van der Waals surface area contributed by atoms with Crippen LogP contribution in [0.4, 0.5) is 13.2 Å². The molecule has 0 fully saturated rings. The van der Waals surface area contributed by atoms with Crippen LogP contribution in [0.5, 0.6) is 0 Å². The monoisotopic (exact) mass is 541 g/mol. The number of halogens is 3. The van der Waals surface area contributed by atoms with Crippen molar-refractivity contribution in [2.24, 2.45) is 5.73 Å². The zero-order valence-corrected chi connectivity index (χ0v) is 21.3. The Bertz CT molecular complexity index is 1230. The average Bonchev–Trinajstić information content (AvgIpc) is 2.81. The second-order valence-corrected chi connectivity index (χ2v) is 10.6. The van der Waals surface area contributed by atoms with E-state index in [-0.39, 0.29) is 24.2 Å². The molecule has 1 atom stereocenters. The molecule has 0 radical (unpaired) electrons. The molecule has 1 unspecified atom stereocenters. The third kappa shape index (κ3) is 8.97. The minimum atomic E-state index is -4.93. The molecule has 0 aliphatic rings. The largest absolute Gasteiger partial charge is 0.417 e. The third-order valence-corrected chi connectivity index (χ3v) is 7.41. The predicted molar refractivity (Wildman–Crippen MR) is 132 cm³/mol. The van der Waals surface area contributed by atoms with Gasteiger partial charge in [0.25, 0.3) is 0 Å². The van der Waals surface area contributed by atoms with Gasteiger partial charge in [0.15, 0.2) is 9.84 Å². The Hall–Kier alpha value is -3.25. The molecule has 202 valence electrons. The Morgan fingerprint density at radius 3 is 2.32 bits per heavy atom. The number of ketones is 1. The van der Waals surface area contributed by atoms with Gasteiger partial charge in [0, 0.05) is 25.7 Å². The lowest BCUT2D eigenvalue weighted by Gasteiger charge is -2.19. The third-order valence-electron chi connectivity index (χ3n) is 5.56. The molecule has 0 bridgehead atoms. The number of unbranched alkanes of at least 4 members (excludes halogenated alkanes) is 1. The highest BCUT2D eigenvalue weighted by Gasteiger charge is 2.37. The van der Waals surface area contributed by atoms with Gasteiger partial charge in [-0.25, -0.2) is 8.42 Å². The molecule has 0 saturated carbocycles. The summed E-state index contributed by atoms with van der Waals surface area (Å²) in [4.78, 5) is 23.8. The van der Waals surface area contributed by atoms with Crippen LogP contribution in [0, 0.1) is 5.41 Å². The van der Waals surface area contributed by atoms with Crippen LogP contribution in [0.1, 0.15) is 54.5 Å². The number of carbonyl (C=O) groups is 2. The fourth-order valence-corrected chi connectivity index (χ4v) is 5.19. The van der Waals surface area contributed by atoms with Crippen LogP contribution in [0.3, 0.4) is 0 Å². The minimum Gasteiger partial charge on any atom is -0.385 e. The summed E-state index contributed by atoms with van der Waals surface area (Å²) in [5.41, 5.74) is 5.24. The van der Waals surface area contributed by atoms with E-state index in [0.717, 1.165) is 6.07 Å². The zero-order valence-electron chi connectivity index (χ0n) is 20.5. The SMILES string of the molecule is COCCCCS(=O)(=O)c1ccc(C(C)NC(=O)CC(=O)Cc2ccc(C(=N)N)cc2)cc1C(F)(F)F. The number of ether oxygens (including phenoxy) is 1. The van der Waals surface area contributed by atoms with Gasteiger partial charge in [-0.1, -0.05) is 30.3 Å². The molecule has 0 saturated heterocycles. The van der Waals surface area contributed by atoms with Crippen molar-refractivity contribution in [2.45, 2.75) is 49.7 Å². The van der Waals surface area contributed by atoms with E-state index >= 15 is 0 Å². The fourth-order valence-electron chi connectivity index (χ4n) is 3.61. The number of carbonyl (C=O) groups excluding carboxylic acids is 2. The number of amides is 1. The topological polar surface area (TPSA) is 139 Å². The first-order valence-electron chi connectivity index (χ1n) is 11.4. The first-order valence-corrected chi connectivity index (χ1v) is 13.1. The molecule has 37 heavy (non-hydrogen) atoms. The highest BCUT2D eigenvalue weighted by molar-refractivity contribution is 7.91. The van der Waals surface area contributed by atoms with Crippen LogP contribution in [0.25, 0.3) is 0 Å². The van der Waals surface area contributed by atoms with E-state index in [2.05, 4.69) is 5.32 Å². The number of rotatable bonds is 13. The number of Topliss-reactive ketones (excluding diaryl/α,β-unsaturated/α-hetero) is 1. The van der Waals surface area contributed by atoms with Crippen molar-refractivity contribution >= 4 is 27.4 Å². The molecule has 0 aromatic heterocycles. The number of nitrogens with two attached hydrogens (primary N) is 1. The number of alkyl halides is 3. The van der Waals surface area contributed by atoms with Crippen molar-refractivity contribution in [2.75, 3.05) is 19.5 Å². The van der Waals surface area contributed by atoms with Crippen LogP contribution >= 0.6 is 0 Å². The Balaban J connectivity index is 2.09. The second kappa shape index (κ2) is 12.8. The van der Waals surface area contributed by atoms with Gasteiger partial charge in [-0.15, -0.1) is 0 Å². The predicted octanol–water partition coefficient (Wildman–Crippen LogP) is 3.57. The summed E-state index contributed by atoms with van der Waals surface area (Å²) in [7, 11) is -2.76. The van der Waals surface area contributed by atoms with Crippen molar-refractivity contribution in [3.05, 3.63) is 64.7 Å². The molecule has 0 aliphatic carbocycles. The van der Waals surface area contributed by atoms with Gasteiger partial charge in [-0.2, -0.15) is 13.2 Å². The smallest absolute Gasteiger partial charge is 0.385 e. The summed E-state index contributed by atoms with van der Waals surface area (Å²) in [5, 5.41) is 9.85. The van der Waals surface area contributed by atoms with Gasteiger partial charge >= 0.3 is 6.18 Å². The van der Waals surface area contributed by atoms with Crippen molar-refractivity contribution in [3.63, 3.8) is 0 Å². The molecule has 4 N–H and O–H groups in total. The van der Waals surface area contributed by atoms with Gasteiger partial charge < -0.3 is 15.8 Å². The summed E-state index contributed by atoms with van der Waals surface area (Å²) in [6.45, 7) is 1.74. The van der Waals surface area contributed by atoms with Crippen molar-refractivity contribution in [1.82, 2.24) is 5.32 Å². The van der Waals surface area contributed by atoms with Gasteiger partial charge in [-0.3, -0.25) is 15.0 Å². The number of nitrogen functional groups attached to an aromatic ring is 1. The number of sulfone groups is 1. The maximum Gasteiger partial charge on any atom is 0.417 e. The van der Waals surface area contributed by atoms with Crippen LogP contribution in [-0.4, -0.2) is 45.4 Å². The lowest BCUT2D eigenvalue weighted by atomic mass is 10.0. The van der Waals surface area contributed by atoms with Gasteiger partial charge in [-0.05, 0) is 43.0 Å². The Kier molecular flexibility index (Phi) is 10.4. The van der Waals surface area contributed by atoms with E-state index in [0.29, 0.717) is 30.2 Å². The quantitative estimate of drug-likeness (QED) is 0.153. The molecule has 12 heteroatoms. The normalized spacial score (nSPS) is 12.7. The van der Waals surface area contributed by atoms with Crippen LogP contribution in [0.15, 0.2) is 47.4 Å². The summed E-state index contributed by atoms with van der Waals surface area (Å²) < 4.78 is 71.2. The Morgan fingerprint density at radius 1 is 1.11 bits per heavy atom. The summed E-state index contributed by atoms with van der Waals surface area (Å²) in [5.74, 6) is -1.66. The summed E-state index contributed by atoms with van der Waals surface area (Å²) in [6, 6.07) is 8.31. The first-order chi connectivity index (χ1) is 17.2. The summed E-state index contributed by atoms with van der Waals surface area (Å²) in [6.07, 6.45) is -4.92.